The summed E-state index contributed by atoms with van der Waals surface area (Å²) >= 11 is 5.71. The zero-order chi connectivity index (χ0) is 16.8. The van der Waals surface area contributed by atoms with Crippen molar-refractivity contribution in [1.29, 1.82) is 5.26 Å². The lowest BCUT2D eigenvalue weighted by atomic mass is 10.2. The highest BCUT2D eigenvalue weighted by atomic mass is 35.5. The molecule has 1 heterocycles. The van der Waals surface area contributed by atoms with E-state index in [2.05, 4.69) is 9.97 Å². The van der Waals surface area contributed by atoms with Gasteiger partial charge in [0.2, 0.25) is 5.69 Å². The smallest absolute Gasteiger partial charge is 0.256 e. The van der Waals surface area contributed by atoms with Crippen LogP contribution in [0.5, 0.6) is 17.4 Å². The quantitative estimate of drug-likeness (QED) is 0.691. The first-order chi connectivity index (χ1) is 11.7. The summed E-state index contributed by atoms with van der Waals surface area (Å²) in [6.07, 6.45) is 1.33. The maximum atomic E-state index is 9.03. The summed E-state index contributed by atoms with van der Waals surface area (Å²) in [7, 11) is 0. The zero-order valence-corrected chi connectivity index (χ0v) is 13.3. The summed E-state index contributed by atoms with van der Waals surface area (Å²) in [5.74, 6) is 1.35. The molecule has 2 aromatic carbocycles. The van der Waals surface area contributed by atoms with Crippen molar-refractivity contribution < 1.29 is 9.47 Å². The highest BCUT2D eigenvalue weighted by Crippen LogP contribution is 2.25. The summed E-state index contributed by atoms with van der Waals surface area (Å²) < 4.78 is 11.3. The molecule has 3 aromatic rings. The summed E-state index contributed by atoms with van der Waals surface area (Å²) in [5.41, 5.74) is 1.12. The molecule has 0 aliphatic carbocycles. The molecule has 5 nitrogen and oxygen atoms in total. The Morgan fingerprint density at radius 1 is 1.00 bits per heavy atom. The van der Waals surface area contributed by atoms with E-state index in [1.807, 2.05) is 36.4 Å². The van der Waals surface area contributed by atoms with Crippen LogP contribution in [0.2, 0.25) is 5.15 Å². The lowest BCUT2D eigenvalue weighted by Crippen LogP contribution is -1.96. The van der Waals surface area contributed by atoms with Crippen molar-refractivity contribution in [2.75, 3.05) is 0 Å². The lowest BCUT2D eigenvalue weighted by Gasteiger charge is -2.08. The highest BCUT2D eigenvalue weighted by molar-refractivity contribution is 6.29. The zero-order valence-electron chi connectivity index (χ0n) is 12.5. The number of halogens is 1. The van der Waals surface area contributed by atoms with Gasteiger partial charge in [-0.2, -0.15) is 5.26 Å². The number of nitriles is 1. The van der Waals surface area contributed by atoms with Gasteiger partial charge in [0.05, 0.1) is 6.20 Å². The molecule has 0 spiro atoms. The standard InChI is InChI=1S/C18H12ClN3O2/c19-17-11-21-18(16(10-20)22-17)24-15-8-6-14(7-9-15)23-12-13-4-2-1-3-5-13/h1-9,11H,12H2. The van der Waals surface area contributed by atoms with Gasteiger partial charge in [0.25, 0.3) is 5.88 Å². The van der Waals surface area contributed by atoms with Crippen molar-refractivity contribution in [3.8, 4) is 23.4 Å². The summed E-state index contributed by atoms with van der Waals surface area (Å²) in [6.45, 7) is 0.488. The minimum atomic E-state index is 0.0342. The Hall–Kier alpha value is -3.10. The first kappa shape index (κ1) is 15.8. The van der Waals surface area contributed by atoms with Crippen LogP contribution in [0.25, 0.3) is 0 Å². The van der Waals surface area contributed by atoms with Crippen molar-refractivity contribution in [3.63, 3.8) is 0 Å². The third-order valence-corrected chi connectivity index (χ3v) is 3.28. The van der Waals surface area contributed by atoms with Crippen LogP contribution in [0, 0.1) is 11.3 Å². The van der Waals surface area contributed by atoms with Gasteiger partial charge >= 0.3 is 0 Å². The fourth-order valence-corrected chi connectivity index (χ4v) is 2.09. The van der Waals surface area contributed by atoms with Crippen LogP contribution in [0.15, 0.2) is 60.8 Å². The second kappa shape index (κ2) is 7.44. The molecule has 0 amide bonds. The molecular formula is C18H12ClN3O2. The van der Waals surface area contributed by atoms with Crippen molar-refractivity contribution in [1.82, 2.24) is 9.97 Å². The molecule has 0 saturated carbocycles. The number of benzene rings is 2. The van der Waals surface area contributed by atoms with E-state index in [4.69, 9.17) is 26.3 Å². The van der Waals surface area contributed by atoms with Crippen LogP contribution < -0.4 is 9.47 Å². The van der Waals surface area contributed by atoms with E-state index in [0.717, 1.165) is 5.56 Å². The molecular weight excluding hydrogens is 326 g/mol. The molecule has 0 aliphatic rings. The van der Waals surface area contributed by atoms with Gasteiger partial charge in [-0.25, -0.2) is 9.97 Å². The first-order valence-electron chi connectivity index (χ1n) is 7.12. The molecule has 118 valence electrons. The SMILES string of the molecule is N#Cc1nc(Cl)cnc1Oc1ccc(OCc2ccccc2)cc1. The average Bonchev–Trinajstić information content (AvgIpc) is 2.63. The fraction of sp³-hybridized carbons (Fsp3) is 0.0556. The first-order valence-corrected chi connectivity index (χ1v) is 7.49. The lowest BCUT2D eigenvalue weighted by molar-refractivity contribution is 0.305. The Morgan fingerprint density at radius 2 is 1.71 bits per heavy atom. The number of rotatable bonds is 5. The van der Waals surface area contributed by atoms with Gasteiger partial charge < -0.3 is 9.47 Å². The molecule has 0 saturated heterocycles. The number of hydrogen-bond acceptors (Lipinski definition) is 5. The van der Waals surface area contributed by atoms with Crippen LogP contribution in [0.1, 0.15) is 11.3 Å². The summed E-state index contributed by atoms with van der Waals surface area (Å²) in [5, 5.41) is 9.17. The van der Waals surface area contributed by atoms with Gasteiger partial charge in [-0.05, 0) is 29.8 Å². The third-order valence-electron chi connectivity index (χ3n) is 3.10. The van der Waals surface area contributed by atoms with Crippen molar-refractivity contribution in [3.05, 3.63) is 77.2 Å². The van der Waals surface area contributed by atoms with Gasteiger partial charge in [-0.1, -0.05) is 41.9 Å². The molecule has 0 aliphatic heterocycles. The van der Waals surface area contributed by atoms with Crippen molar-refractivity contribution >= 4 is 11.6 Å². The Balaban J connectivity index is 1.66. The number of hydrogen-bond donors (Lipinski definition) is 0. The van der Waals surface area contributed by atoms with Gasteiger partial charge in [0.1, 0.15) is 29.3 Å². The Kier molecular flexibility index (Phi) is 4.90. The Bertz CT molecular complexity index is 862. The molecule has 1 aromatic heterocycles. The Morgan fingerprint density at radius 3 is 2.42 bits per heavy atom. The van der Waals surface area contributed by atoms with E-state index in [1.54, 1.807) is 24.3 Å². The molecule has 0 atom stereocenters. The third kappa shape index (κ3) is 4.00. The van der Waals surface area contributed by atoms with Crippen LogP contribution in [0.3, 0.4) is 0 Å². The number of ether oxygens (including phenoxy) is 2. The normalized spacial score (nSPS) is 10.0. The number of aromatic nitrogens is 2. The Labute approximate surface area is 144 Å². The van der Waals surface area contributed by atoms with Crippen LogP contribution in [0.4, 0.5) is 0 Å². The molecule has 24 heavy (non-hydrogen) atoms. The van der Waals surface area contributed by atoms with E-state index in [1.165, 1.54) is 6.20 Å². The molecule has 6 heteroatoms. The van der Waals surface area contributed by atoms with Gasteiger partial charge in [-0.3, -0.25) is 0 Å². The van der Waals surface area contributed by atoms with Crippen molar-refractivity contribution in [2.24, 2.45) is 0 Å². The molecule has 0 N–H and O–H groups in total. The molecule has 0 bridgehead atoms. The van der Waals surface area contributed by atoms with E-state index >= 15 is 0 Å². The van der Waals surface area contributed by atoms with E-state index in [9.17, 15) is 0 Å². The van der Waals surface area contributed by atoms with Gasteiger partial charge in [0, 0.05) is 0 Å². The second-order valence-electron chi connectivity index (χ2n) is 4.81. The largest absolute Gasteiger partial charge is 0.489 e. The topological polar surface area (TPSA) is 68.0 Å². The van der Waals surface area contributed by atoms with E-state index in [0.29, 0.717) is 18.1 Å². The maximum Gasteiger partial charge on any atom is 0.256 e. The minimum absolute atomic E-state index is 0.0342. The molecule has 3 rings (SSSR count). The second-order valence-corrected chi connectivity index (χ2v) is 5.19. The minimum Gasteiger partial charge on any atom is -0.489 e. The average molecular weight is 338 g/mol. The molecule has 0 fully saturated rings. The maximum absolute atomic E-state index is 9.03. The molecule has 0 unspecified atom stereocenters. The van der Waals surface area contributed by atoms with Gasteiger partial charge in [0.15, 0.2) is 0 Å². The predicted octanol–water partition coefficient (Wildman–Crippen LogP) is 4.37. The fourth-order valence-electron chi connectivity index (χ4n) is 1.96. The van der Waals surface area contributed by atoms with E-state index in [-0.39, 0.29) is 16.7 Å². The van der Waals surface area contributed by atoms with Crippen LogP contribution in [-0.2, 0) is 6.61 Å². The van der Waals surface area contributed by atoms with Crippen LogP contribution >= 0.6 is 11.6 Å². The predicted molar refractivity (Wildman–Crippen MR) is 89.0 cm³/mol. The van der Waals surface area contributed by atoms with E-state index < -0.39 is 0 Å². The summed E-state index contributed by atoms with van der Waals surface area (Å²) in [4.78, 5) is 7.83. The molecule has 0 radical (unpaired) electrons. The monoisotopic (exact) mass is 337 g/mol. The summed E-state index contributed by atoms with van der Waals surface area (Å²) in [6, 6.07) is 18.8. The van der Waals surface area contributed by atoms with Gasteiger partial charge in [-0.15, -0.1) is 0 Å². The van der Waals surface area contributed by atoms with Crippen molar-refractivity contribution in [2.45, 2.75) is 6.61 Å². The number of nitrogens with zero attached hydrogens (tertiary/aromatic N) is 3. The van der Waals surface area contributed by atoms with Crippen LogP contribution in [-0.4, -0.2) is 9.97 Å². The highest BCUT2D eigenvalue weighted by Gasteiger charge is 2.09.